The first-order valence-corrected chi connectivity index (χ1v) is 5.15. The third kappa shape index (κ3) is 8.22. The molecule has 4 N–H and O–H groups in total. The molecule has 1 fully saturated rings. The Labute approximate surface area is 90.8 Å². The van der Waals surface area contributed by atoms with Gasteiger partial charge in [0, 0.05) is 13.2 Å². The number of hydrogen-bond acceptors (Lipinski definition) is 3. The highest BCUT2D eigenvalue weighted by Crippen LogP contribution is 1.98. The Hall–Kier alpha value is -0.390. The fraction of sp³-hybridized carbons (Fsp3) is 0.889. The molecule has 0 bridgehead atoms. The Bertz CT molecular complexity index is 163. The van der Waals surface area contributed by atoms with Gasteiger partial charge in [-0.25, -0.2) is 0 Å². The number of aliphatic hydroxyl groups is 1. The van der Waals surface area contributed by atoms with Gasteiger partial charge < -0.3 is 20.9 Å². The molecule has 5 heteroatoms. The summed E-state index contributed by atoms with van der Waals surface area (Å²) in [5, 5.41) is 11.6. The van der Waals surface area contributed by atoms with Gasteiger partial charge in [0.15, 0.2) is 5.11 Å². The van der Waals surface area contributed by atoms with Crippen LogP contribution in [0.4, 0.5) is 0 Å². The van der Waals surface area contributed by atoms with E-state index in [0.717, 1.165) is 13.2 Å². The summed E-state index contributed by atoms with van der Waals surface area (Å²) in [5.41, 5.74) is 4.77. The molecule has 84 valence electrons. The Balaban J connectivity index is 0.000000280. The van der Waals surface area contributed by atoms with Gasteiger partial charge in [-0.3, -0.25) is 0 Å². The summed E-state index contributed by atoms with van der Waals surface area (Å²) in [6.07, 6.45) is 2.56. The molecule has 0 aliphatic carbocycles. The molecule has 0 spiro atoms. The second kappa shape index (κ2) is 6.98. The minimum atomic E-state index is -0.397. The molecule has 0 aromatic rings. The van der Waals surface area contributed by atoms with Crippen molar-refractivity contribution in [1.29, 1.82) is 0 Å². The molecule has 0 atom stereocenters. The number of rotatable bonds is 2. The van der Waals surface area contributed by atoms with E-state index in [-0.39, 0.29) is 11.7 Å². The first-order valence-electron chi connectivity index (χ1n) is 4.74. The van der Waals surface area contributed by atoms with Crippen molar-refractivity contribution in [2.45, 2.75) is 32.2 Å². The molecule has 0 radical (unpaired) electrons. The number of nitrogens with two attached hydrogens (primary N) is 1. The zero-order valence-corrected chi connectivity index (χ0v) is 9.69. The van der Waals surface area contributed by atoms with Gasteiger partial charge in [-0.2, -0.15) is 0 Å². The average molecular weight is 220 g/mol. The lowest BCUT2D eigenvalue weighted by molar-refractivity contribution is 0.198. The van der Waals surface area contributed by atoms with E-state index in [0.29, 0.717) is 0 Å². The smallest absolute Gasteiger partial charge is 0.164 e. The van der Waals surface area contributed by atoms with Crippen molar-refractivity contribution in [2.24, 2.45) is 5.73 Å². The minimum absolute atomic E-state index is 0.0182. The minimum Gasteiger partial charge on any atom is -0.394 e. The molecule has 1 saturated heterocycles. The number of ether oxygens (including phenoxy) is 1. The van der Waals surface area contributed by atoms with Crippen LogP contribution in [0.15, 0.2) is 0 Å². The van der Waals surface area contributed by atoms with Crippen molar-refractivity contribution >= 4 is 17.3 Å². The van der Waals surface area contributed by atoms with Gasteiger partial charge in [0.1, 0.15) is 0 Å². The van der Waals surface area contributed by atoms with Crippen molar-refractivity contribution in [1.82, 2.24) is 5.32 Å². The van der Waals surface area contributed by atoms with Crippen LogP contribution < -0.4 is 11.1 Å². The summed E-state index contributed by atoms with van der Waals surface area (Å²) in [7, 11) is 0. The molecule has 1 rings (SSSR count). The van der Waals surface area contributed by atoms with Crippen LogP contribution >= 0.6 is 12.2 Å². The van der Waals surface area contributed by atoms with E-state index in [2.05, 4.69) is 17.5 Å². The number of thiocarbonyl (C=S) groups is 1. The van der Waals surface area contributed by atoms with E-state index < -0.39 is 5.54 Å². The zero-order chi connectivity index (χ0) is 11.0. The normalized spacial score (nSPS) is 15.6. The SMILES string of the molecule is C1CCOC1.CC(C)(CO)NC(N)=S. The fourth-order valence-corrected chi connectivity index (χ4v) is 1.16. The number of nitrogens with one attached hydrogen (secondary N) is 1. The highest BCUT2D eigenvalue weighted by Gasteiger charge is 2.14. The lowest BCUT2D eigenvalue weighted by atomic mass is 10.1. The third-order valence-corrected chi connectivity index (χ3v) is 1.79. The molecule has 1 aliphatic rings. The van der Waals surface area contributed by atoms with Gasteiger partial charge in [0.05, 0.1) is 12.1 Å². The maximum absolute atomic E-state index is 8.67. The maximum Gasteiger partial charge on any atom is 0.164 e. The largest absolute Gasteiger partial charge is 0.394 e. The van der Waals surface area contributed by atoms with Crippen molar-refractivity contribution in [2.75, 3.05) is 19.8 Å². The zero-order valence-electron chi connectivity index (χ0n) is 8.88. The second-order valence-electron chi connectivity index (χ2n) is 3.85. The van der Waals surface area contributed by atoms with Crippen LogP contribution in [0.1, 0.15) is 26.7 Å². The van der Waals surface area contributed by atoms with Crippen LogP contribution in [0, 0.1) is 0 Å². The lowest BCUT2D eigenvalue weighted by Crippen LogP contribution is -2.48. The molecular formula is C9H20N2O2S. The molecule has 0 aromatic carbocycles. The molecule has 0 aromatic heterocycles. The number of aliphatic hydroxyl groups excluding tert-OH is 1. The topological polar surface area (TPSA) is 67.5 Å². The molecule has 0 unspecified atom stereocenters. The van der Waals surface area contributed by atoms with E-state index in [1.54, 1.807) is 0 Å². The van der Waals surface area contributed by atoms with Crippen LogP contribution in [0.2, 0.25) is 0 Å². The van der Waals surface area contributed by atoms with Gasteiger partial charge in [-0.05, 0) is 38.9 Å². The summed E-state index contributed by atoms with van der Waals surface area (Å²) in [6, 6.07) is 0. The molecule has 4 nitrogen and oxygen atoms in total. The molecule has 0 saturated carbocycles. The Kier molecular flexibility index (Phi) is 6.78. The second-order valence-corrected chi connectivity index (χ2v) is 4.29. The quantitative estimate of drug-likeness (QED) is 0.587. The summed E-state index contributed by atoms with van der Waals surface area (Å²) in [4.78, 5) is 0. The summed E-state index contributed by atoms with van der Waals surface area (Å²) < 4.78 is 4.94. The van der Waals surface area contributed by atoms with Gasteiger partial charge in [0.2, 0.25) is 0 Å². The fourth-order valence-electron chi connectivity index (χ4n) is 0.883. The maximum atomic E-state index is 8.67. The van der Waals surface area contributed by atoms with Gasteiger partial charge in [0.25, 0.3) is 0 Å². The first kappa shape index (κ1) is 13.6. The van der Waals surface area contributed by atoms with Crippen LogP contribution in [0.3, 0.4) is 0 Å². The Morgan fingerprint density at radius 3 is 2.14 bits per heavy atom. The Morgan fingerprint density at radius 1 is 1.50 bits per heavy atom. The standard InChI is InChI=1S/C5H12N2OS.C4H8O/c1-5(2,3-8)7-4(6)9;1-2-4-5-3-1/h8H,3H2,1-2H3,(H3,6,7,9);1-4H2. The van der Waals surface area contributed by atoms with Crippen molar-refractivity contribution in [3.05, 3.63) is 0 Å². The van der Waals surface area contributed by atoms with Crippen LogP contribution in [-0.4, -0.2) is 35.6 Å². The summed E-state index contributed by atoms with van der Waals surface area (Å²) in [5.74, 6) is 0. The summed E-state index contributed by atoms with van der Waals surface area (Å²) in [6.45, 7) is 5.64. The molecule has 14 heavy (non-hydrogen) atoms. The Morgan fingerprint density at radius 2 is 2.00 bits per heavy atom. The van der Waals surface area contributed by atoms with E-state index in [4.69, 9.17) is 15.6 Å². The van der Waals surface area contributed by atoms with Crippen molar-refractivity contribution in [3.63, 3.8) is 0 Å². The lowest BCUT2D eigenvalue weighted by Gasteiger charge is -2.23. The van der Waals surface area contributed by atoms with Crippen molar-refractivity contribution in [3.8, 4) is 0 Å². The van der Waals surface area contributed by atoms with Gasteiger partial charge in [-0.15, -0.1) is 0 Å². The van der Waals surface area contributed by atoms with E-state index in [9.17, 15) is 0 Å². The predicted molar refractivity (Wildman–Crippen MR) is 61.1 cm³/mol. The van der Waals surface area contributed by atoms with Crippen LogP contribution in [-0.2, 0) is 4.74 Å². The summed E-state index contributed by atoms with van der Waals surface area (Å²) >= 11 is 4.57. The van der Waals surface area contributed by atoms with Crippen LogP contribution in [0.25, 0.3) is 0 Å². The molecular weight excluding hydrogens is 200 g/mol. The predicted octanol–water partition coefficient (Wildman–Crippen LogP) is 0.387. The van der Waals surface area contributed by atoms with Crippen molar-refractivity contribution < 1.29 is 9.84 Å². The van der Waals surface area contributed by atoms with Gasteiger partial charge in [-0.1, -0.05) is 0 Å². The van der Waals surface area contributed by atoms with Gasteiger partial charge >= 0.3 is 0 Å². The van der Waals surface area contributed by atoms with E-state index >= 15 is 0 Å². The van der Waals surface area contributed by atoms with E-state index in [1.807, 2.05) is 13.8 Å². The molecule has 1 aliphatic heterocycles. The molecule has 0 amide bonds. The number of hydrogen-bond donors (Lipinski definition) is 3. The highest BCUT2D eigenvalue weighted by molar-refractivity contribution is 7.80. The van der Waals surface area contributed by atoms with Crippen LogP contribution in [0.5, 0.6) is 0 Å². The third-order valence-electron chi connectivity index (χ3n) is 1.68. The van der Waals surface area contributed by atoms with E-state index in [1.165, 1.54) is 12.8 Å². The first-order chi connectivity index (χ1) is 6.48. The highest BCUT2D eigenvalue weighted by atomic mass is 32.1. The molecule has 1 heterocycles. The monoisotopic (exact) mass is 220 g/mol. The average Bonchev–Trinajstić information content (AvgIpc) is 2.58.